The van der Waals surface area contributed by atoms with Gasteiger partial charge in [-0.25, -0.2) is 0 Å². The van der Waals surface area contributed by atoms with Gasteiger partial charge >= 0.3 is 11.9 Å². The quantitative estimate of drug-likeness (QED) is 0.450. The molecule has 0 saturated carbocycles. The summed E-state index contributed by atoms with van der Waals surface area (Å²) in [6.07, 6.45) is 0.272. The van der Waals surface area contributed by atoms with Gasteiger partial charge in [-0.2, -0.15) is 0 Å². The Morgan fingerprint density at radius 1 is 0.800 bits per heavy atom. The van der Waals surface area contributed by atoms with E-state index in [1.807, 2.05) is 6.92 Å². The van der Waals surface area contributed by atoms with Gasteiger partial charge in [-0.15, -0.1) is 0 Å². The molecule has 6 nitrogen and oxygen atoms in total. The fourth-order valence-corrected chi connectivity index (χ4v) is 1.34. The second-order valence-corrected chi connectivity index (χ2v) is 4.60. The summed E-state index contributed by atoms with van der Waals surface area (Å²) in [5.41, 5.74) is 0. The molecular weight excluding hydrogens is 264 g/mol. The molecule has 0 aromatic rings. The number of esters is 2. The number of carbonyl (C=O) groups excluding carboxylic acids is 4. The van der Waals surface area contributed by atoms with Gasteiger partial charge in [0.15, 0.2) is 0 Å². The smallest absolute Gasteiger partial charge is 0.309 e. The van der Waals surface area contributed by atoms with Crippen LogP contribution < -0.4 is 0 Å². The highest BCUT2D eigenvalue weighted by Crippen LogP contribution is 2.09. The average Bonchev–Trinajstić information content (AvgIpc) is 2.34. The van der Waals surface area contributed by atoms with E-state index in [4.69, 9.17) is 9.47 Å². The number of hydrogen-bond donors (Lipinski definition) is 0. The standard InChI is InChI=1S/C14H22O6/c1-4-5-14(19-12(17)8-6-10(2)15)20-13(18)9-7-11(3)16/h14H,4-9H2,1-3H3. The summed E-state index contributed by atoms with van der Waals surface area (Å²) < 4.78 is 10.00. The highest BCUT2D eigenvalue weighted by atomic mass is 16.7. The van der Waals surface area contributed by atoms with Crippen molar-refractivity contribution in [2.24, 2.45) is 0 Å². The van der Waals surface area contributed by atoms with E-state index in [0.717, 1.165) is 0 Å². The molecule has 0 radical (unpaired) electrons. The first-order valence-corrected chi connectivity index (χ1v) is 6.73. The molecular formula is C14H22O6. The van der Waals surface area contributed by atoms with Crippen molar-refractivity contribution in [3.8, 4) is 0 Å². The van der Waals surface area contributed by atoms with Gasteiger partial charge in [0.1, 0.15) is 11.6 Å². The van der Waals surface area contributed by atoms with E-state index in [2.05, 4.69) is 0 Å². The summed E-state index contributed by atoms with van der Waals surface area (Å²) in [5, 5.41) is 0. The average molecular weight is 286 g/mol. The molecule has 0 heterocycles. The molecule has 0 aliphatic rings. The molecule has 0 N–H and O–H groups in total. The lowest BCUT2D eigenvalue weighted by Gasteiger charge is -2.17. The van der Waals surface area contributed by atoms with E-state index in [0.29, 0.717) is 12.8 Å². The van der Waals surface area contributed by atoms with Crippen molar-refractivity contribution in [3.05, 3.63) is 0 Å². The fraction of sp³-hybridized carbons (Fsp3) is 0.714. The third-order valence-electron chi connectivity index (χ3n) is 2.41. The van der Waals surface area contributed by atoms with E-state index in [1.165, 1.54) is 13.8 Å². The van der Waals surface area contributed by atoms with Crippen LogP contribution in [0, 0.1) is 0 Å². The first kappa shape index (κ1) is 18.3. The maximum atomic E-state index is 11.5. The van der Waals surface area contributed by atoms with Crippen LogP contribution in [0.3, 0.4) is 0 Å². The fourth-order valence-electron chi connectivity index (χ4n) is 1.34. The number of hydrogen-bond acceptors (Lipinski definition) is 6. The zero-order valence-corrected chi connectivity index (χ0v) is 12.3. The van der Waals surface area contributed by atoms with Crippen LogP contribution in [0.1, 0.15) is 59.3 Å². The van der Waals surface area contributed by atoms with Crippen LogP contribution in [0.5, 0.6) is 0 Å². The van der Waals surface area contributed by atoms with E-state index < -0.39 is 18.2 Å². The summed E-state index contributed by atoms with van der Waals surface area (Å²) >= 11 is 0. The van der Waals surface area contributed by atoms with Crippen LogP contribution in [0.4, 0.5) is 0 Å². The molecule has 0 atom stereocenters. The summed E-state index contributed by atoms with van der Waals surface area (Å²) in [5.74, 6) is -1.35. The minimum atomic E-state index is -0.945. The normalized spacial score (nSPS) is 10.2. The van der Waals surface area contributed by atoms with Gasteiger partial charge < -0.3 is 19.1 Å². The topological polar surface area (TPSA) is 86.7 Å². The van der Waals surface area contributed by atoms with Crippen molar-refractivity contribution in [2.45, 2.75) is 65.6 Å². The molecule has 0 spiro atoms. The molecule has 0 aliphatic heterocycles. The van der Waals surface area contributed by atoms with Gasteiger partial charge in [-0.05, 0) is 20.3 Å². The Morgan fingerprint density at radius 3 is 1.50 bits per heavy atom. The number of carbonyl (C=O) groups is 4. The molecule has 0 bridgehead atoms. The van der Waals surface area contributed by atoms with Crippen LogP contribution >= 0.6 is 0 Å². The highest BCUT2D eigenvalue weighted by molar-refractivity contribution is 5.82. The predicted molar refractivity (Wildman–Crippen MR) is 70.7 cm³/mol. The molecule has 6 heteroatoms. The van der Waals surface area contributed by atoms with E-state index in [9.17, 15) is 19.2 Å². The zero-order chi connectivity index (χ0) is 15.5. The Kier molecular flexibility index (Phi) is 9.24. The Hall–Kier alpha value is -1.72. The number of rotatable bonds is 10. The first-order chi connectivity index (χ1) is 9.35. The lowest BCUT2D eigenvalue weighted by molar-refractivity contribution is -0.189. The van der Waals surface area contributed by atoms with Crippen molar-refractivity contribution >= 4 is 23.5 Å². The largest absolute Gasteiger partial charge is 0.425 e. The molecule has 0 rings (SSSR count). The number of ketones is 2. The van der Waals surface area contributed by atoms with Crippen LogP contribution in [-0.4, -0.2) is 29.8 Å². The SMILES string of the molecule is CCCC(OC(=O)CCC(C)=O)OC(=O)CCC(C)=O. The first-order valence-electron chi connectivity index (χ1n) is 6.73. The molecule has 20 heavy (non-hydrogen) atoms. The minimum absolute atomic E-state index is 0.0272. The number of ether oxygens (including phenoxy) is 2. The Balaban J connectivity index is 4.20. The molecule has 0 aromatic carbocycles. The van der Waals surface area contributed by atoms with Crippen LogP contribution in [0.25, 0.3) is 0 Å². The summed E-state index contributed by atoms with van der Waals surface area (Å²) in [6, 6.07) is 0. The van der Waals surface area contributed by atoms with E-state index in [-0.39, 0.29) is 37.2 Å². The summed E-state index contributed by atoms with van der Waals surface area (Å²) in [4.78, 5) is 44.4. The van der Waals surface area contributed by atoms with E-state index >= 15 is 0 Å². The summed E-state index contributed by atoms with van der Waals surface area (Å²) in [6.45, 7) is 4.64. The van der Waals surface area contributed by atoms with Crippen molar-refractivity contribution < 1.29 is 28.7 Å². The van der Waals surface area contributed by atoms with Gasteiger partial charge in [0, 0.05) is 19.3 Å². The molecule has 0 aromatic heterocycles. The molecule has 0 unspecified atom stereocenters. The second kappa shape index (κ2) is 10.1. The Bertz CT molecular complexity index is 329. The minimum Gasteiger partial charge on any atom is -0.425 e. The Morgan fingerprint density at radius 2 is 1.20 bits per heavy atom. The highest BCUT2D eigenvalue weighted by Gasteiger charge is 2.18. The van der Waals surface area contributed by atoms with Crippen molar-refractivity contribution in [2.75, 3.05) is 0 Å². The van der Waals surface area contributed by atoms with E-state index in [1.54, 1.807) is 0 Å². The third kappa shape index (κ3) is 10.2. The van der Waals surface area contributed by atoms with Crippen LogP contribution in [-0.2, 0) is 28.7 Å². The van der Waals surface area contributed by atoms with Gasteiger partial charge in [-0.1, -0.05) is 6.92 Å². The molecule has 114 valence electrons. The van der Waals surface area contributed by atoms with Gasteiger partial charge in [-0.3, -0.25) is 9.59 Å². The van der Waals surface area contributed by atoms with Gasteiger partial charge in [0.25, 0.3) is 0 Å². The van der Waals surface area contributed by atoms with Crippen molar-refractivity contribution in [3.63, 3.8) is 0 Å². The zero-order valence-electron chi connectivity index (χ0n) is 12.3. The molecule has 0 saturated heterocycles. The second-order valence-electron chi connectivity index (χ2n) is 4.60. The Labute approximate surface area is 118 Å². The third-order valence-corrected chi connectivity index (χ3v) is 2.41. The summed E-state index contributed by atoms with van der Waals surface area (Å²) in [7, 11) is 0. The lowest BCUT2D eigenvalue weighted by Crippen LogP contribution is -2.25. The monoisotopic (exact) mass is 286 g/mol. The van der Waals surface area contributed by atoms with Crippen LogP contribution in [0.15, 0.2) is 0 Å². The van der Waals surface area contributed by atoms with Crippen molar-refractivity contribution in [1.29, 1.82) is 0 Å². The van der Waals surface area contributed by atoms with Crippen molar-refractivity contribution in [1.82, 2.24) is 0 Å². The van der Waals surface area contributed by atoms with Gasteiger partial charge in [0.2, 0.25) is 6.29 Å². The predicted octanol–water partition coefficient (Wildman–Crippen LogP) is 1.94. The maximum Gasteiger partial charge on any atom is 0.309 e. The molecule has 0 amide bonds. The lowest BCUT2D eigenvalue weighted by atomic mass is 10.2. The van der Waals surface area contributed by atoms with Crippen LogP contribution in [0.2, 0.25) is 0 Å². The molecule has 0 aliphatic carbocycles. The van der Waals surface area contributed by atoms with Gasteiger partial charge in [0.05, 0.1) is 12.8 Å². The number of Topliss-reactive ketones (excluding diaryl/α,β-unsaturated/α-hetero) is 2. The maximum absolute atomic E-state index is 11.5. The molecule has 0 fully saturated rings.